The number of thiazole rings is 1. The van der Waals surface area contributed by atoms with Crippen molar-refractivity contribution < 1.29 is 17.9 Å². The van der Waals surface area contributed by atoms with E-state index < -0.39 is 21.5 Å². The molecule has 0 radical (unpaired) electrons. The van der Waals surface area contributed by atoms with Crippen molar-refractivity contribution in [3.63, 3.8) is 0 Å². The Balaban J connectivity index is 1.73. The van der Waals surface area contributed by atoms with E-state index in [1.54, 1.807) is 12.5 Å². The van der Waals surface area contributed by atoms with Crippen molar-refractivity contribution in [2.24, 2.45) is 0 Å². The molecule has 3 rings (SSSR count). The Bertz CT molecular complexity index is 800. The molecule has 0 unspecified atom stereocenters. The standard InChI is InChI=1S/C14H14N2O4S2/c1-20-12-3-2-10-7-16(8-11(10)6-12)13(17)9-22(18,19)14-15-4-5-21-14/h2-6H,7-9H2,1H3. The van der Waals surface area contributed by atoms with Crippen LogP contribution in [-0.4, -0.2) is 37.1 Å². The minimum absolute atomic E-state index is 0.0146. The van der Waals surface area contributed by atoms with Crippen LogP contribution in [0.25, 0.3) is 0 Å². The Morgan fingerprint density at radius 1 is 1.36 bits per heavy atom. The maximum absolute atomic E-state index is 12.3. The van der Waals surface area contributed by atoms with Crippen molar-refractivity contribution in [1.82, 2.24) is 9.88 Å². The van der Waals surface area contributed by atoms with Gasteiger partial charge in [-0.3, -0.25) is 4.79 Å². The highest BCUT2D eigenvalue weighted by Gasteiger charge is 2.29. The highest BCUT2D eigenvalue weighted by Crippen LogP contribution is 2.27. The number of nitrogens with zero attached hydrogens (tertiary/aromatic N) is 2. The van der Waals surface area contributed by atoms with Crippen molar-refractivity contribution in [3.05, 3.63) is 40.9 Å². The number of ether oxygens (including phenoxy) is 1. The zero-order valence-electron chi connectivity index (χ0n) is 11.9. The van der Waals surface area contributed by atoms with Crippen LogP contribution in [0.5, 0.6) is 5.75 Å². The fourth-order valence-corrected chi connectivity index (χ4v) is 4.50. The fourth-order valence-electron chi connectivity index (χ4n) is 2.35. The highest BCUT2D eigenvalue weighted by atomic mass is 32.2. The number of amides is 1. The SMILES string of the molecule is COc1ccc2c(c1)CN(C(=O)CS(=O)(=O)c1nccs1)C2. The number of carbonyl (C=O) groups is 1. The molecule has 1 aliphatic heterocycles. The number of fused-ring (bicyclic) bond motifs is 1. The third kappa shape index (κ3) is 2.84. The Kier molecular flexibility index (Phi) is 3.88. The maximum atomic E-state index is 12.3. The normalized spacial score (nSPS) is 14.0. The van der Waals surface area contributed by atoms with E-state index in [0.29, 0.717) is 13.1 Å². The van der Waals surface area contributed by atoms with Gasteiger partial charge < -0.3 is 9.64 Å². The van der Waals surface area contributed by atoms with Gasteiger partial charge in [0.15, 0.2) is 0 Å². The monoisotopic (exact) mass is 338 g/mol. The summed E-state index contributed by atoms with van der Waals surface area (Å²) in [5, 5.41) is 1.58. The third-order valence-electron chi connectivity index (χ3n) is 3.48. The number of methoxy groups -OCH3 is 1. The summed E-state index contributed by atoms with van der Waals surface area (Å²) in [5.41, 5.74) is 2.00. The number of hydrogen-bond donors (Lipinski definition) is 0. The van der Waals surface area contributed by atoms with E-state index in [4.69, 9.17) is 4.74 Å². The number of hydrogen-bond acceptors (Lipinski definition) is 6. The van der Waals surface area contributed by atoms with Gasteiger partial charge in [0, 0.05) is 24.7 Å². The molecule has 0 aliphatic carbocycles. The Hall–Kier alpha value is -1.93. The van der Waals surface area contributed by atoms with E-state index >= 15 is 0 Å². The van der Waals surface area contributed by atoms with Gasteiger partial charge in [-0.25, -0.2) is 13.4 Å². The molecule has 6 nitrogen and oxygen atoms in total. The average Bonchev–Trinajstić information content (AvgIpc) is 3.15. The summed E-state index contributed by atoms with van der Waals surface area (Å²) < 4.78 is 29.4. The van der Waals surface area contributed by atoms with Gasteiger partial charge in [0.2, 0.25) is 20.1 Å². The first-order chi connectivity index (χ1) is 10.5. The molecule has 1 aliphatic rings. The molecular formula is C14H14N2O4S2. The maximum Gasteiger partial charge on any atom is 0.238 e. The van der Waals surface area contributed by atoms with Crippen LogP contribution in [0.4, 0.5) is 0 Å². The molecule has 116 valence electrons. The first-order valence-electron chi connectivity index (χ1n) is 6.55. The Labute approximate surface area is 132 Å². The summed E-state index contributed by atoms with van der Waals surface area (Å²) in [7, 11) is -2.08. The van der Waals surface area contributed by atoms with E-state index in [1.807, 2.05) is 18.2 Å². The van der Waals surface area contributed by atoms with Crippen LogP contribution in [0.1, 0.15) is 11.1 Å². The van der Waals surface area contributed by atoms with Gasteiger partial charge >= 0.3 is 0 Å². The summed E-state index contributed by atoms with van der Waals surface area (Å²) in [6.07, 6.45) is 1.42. The van der Waals surface area contributed by atoms with E-state index in [0.717, 1.165) is 28.2 Å². The number of carbonyl (C=O) groups excluding carboxylic acids is 1. The van der Waals surface area contributed by atoms with Crippen molar-refractivity contribution in [3.8, 4) is 5.75 Å². The molecule has 0 N–H and O–H groups in total. The number of aromatic nitrogens is 1. The van der Waals surface area contributed by atoms with Gasteiger partial charge in [-0.15, -0.1) is 11.3 Å². The average molecular weight is 338 g/mol. The zero-order chi connectivity index (χ0) is 15.7. The third-order valence-corrected chi connectivity index (χ3v) is 6.36. The fraction of sp³-hybridized carbons (Fsp3) is 0.286. The molecule has 2 heterocycles. The molecule has 1 aromatic carbocycles. The number of benzene rings is 1. The quantitative estimate of drug-likeness (QED) is 0.844. The van der Waals surface area contributed by atoms with Crippen molar-refractivity contribution in [2.75, 3.05) is 12.9 Å². The summed E-state index contributed by atoms with van der Waals surface area (Å²) in [4.78, 5) is 17.6. The van der Waals surface area contributed by atoms with Crippen molar-refractivity contribution in [2.45, 2.75) is 17.4 Å². The lowest BCUT2D eigenvalue weighted by Crippen LogP contribution is -2.31. The van der Waals surface area contributed by atoms with Gasteiger partial charge in [0.25, 0.3) is 0 Å². The second-order valence-electron chi connectivity index (χ2n) is 4.94. The number of sulfone groups is 1. The van der Waals surface area contributed by atoms with Crippen LogP contribution in [0, 0.1) is 0 Å². The molecule has 0 fully saturated rings. The first-order valence-corrected chi connectivity index (χ1v) is 9.08. The van der Waals surface area contributed by atoms with Crippen molar-refractivity contribution in [1.29, 1.82) is 0 Å². The zero-order valence-corrected chi connectivity index (χ0v) is 13.5. The lowest BCUT2D eigenvalue weighted by atomic mass is 10.1. The lowest BCUT2D eigenvalue weighted by Gasteiger charge is -2.14. The first kappa shape index (κ1) is 15.0. The summed E-state index contributed by atoms with van der Waals surface area (Å²) in [5.74, 6) is -0.236. The molecule has 22 heavy (non-hydrogen) atoms. The minimum Gasteiger partial charge on any atom is -0.497 e. The van der Waals surface area contributed by atoms with Crippen LogP contribution < -0.4 is 4.74 Å². The van der Waals surface area contributed by atoms with E-state index in [1.165, 1.54) is 11.1 Å². The molecule has 0 bridgehead atoms. The molecule has 2 aromatic rings. The Morgan fingerprint density at radius 2 is 2.14 bits per heavy atom. The van der Waals surface area contributed by atoms with Gasteiger partial charge in [-0.2, -0.15) is 0 Å². The summed E-state index contributed by atoms with van der Waals surface area (Å²) in [6.45, 7) is 0.824. The second-order valence-corrected chi connectivity index (χ2v) is 8.00. The molecule has 0 spiro atoms. The predicted octanol–water partition coefficient (Wildman–Crippen LogP) is 1.47. The van der Waals surface area contributed by atoms with Crippen LogP contribution in [0.2, 0.25) is 0 Å². The Morgan fingerprint density at radius 3 is 2.82 bits per heavy atom. The lowest BCUT2D eigenvalue weighted by molar-refractivity contribution is -0.129. The summed E-state index contributed by atoms with van der Waals surface area (Å²) >= 11 is 1.02. The van der Waals surface area contributed by atoms with Gasteiger partial charge in [-0.1, -0.05) is 6.07 Å². The number of rotatable bonds is 4. The molecule has 1 aromatic heterocycles. The van der Waals surface area contributed by atoms with Gasteiger partial charge in [0.1, 0.15) is 11.5 Å². The molecule has 0 saturated carbocycles. The van der Waals surface area contributed by atoms with Gasteiger partial charge in [-0.05, 0) is 23.3 Å². The molecule has 0 atom stereocenters. The summed E-state index contributed by atoms with van der Waals surface area (Å²) in [6, 6.07) is 5.60. The van der Waals surface area contributed by atoms with Gasteiger partial charge in [0.05, 0.1) is 7.11 Å². The van der Waals surface area contributed by atoms with Crippen LogP contribution in [0.15, 0.2) is 34.1 Å². The largest absolute Gasteiger partial charge is 0.497 e. The topological polar surface area (TPSA) is 76.6 Å². The van der Waals surface area contributed by atoms with Crippen LogP contribution in [0.3, 0.4) is 0 Å². The van der Waals surface area contributed by atoms with Crippen molar-refractivity contribution >= 4 is 27.1 Å². The predicted molar refractivity (Wildman–Crippen MR) is 81.4 cm³/mol. The van der Waals surface area contributed by atoms with Crippen LogP contribution in [-0.2, 0) is 27.7 Å². The molecule has 8 heteroatoms. The molecule has 1 amide bonds. The van der Waals surface area contributed by atoms with E-state index in [2.05, 4.69) is 4.98 Å². The second kappa shape index (κ2) is 5.69. The van der Waals surface area contributed by atoms with E-state index in [9.17, 15) is 13.2 Å². The molecular weight excluding hydrogens is 324 g/mol. The van der Waals surface area contributed by atoms with Crippen LogP contribution >= 0.6 is 11.3 Å². The van der Waals surface area contributed by atoms with E-state index in [-0.39, 0.29) is 4.34 Å². The molecule has 0 saturated heterocycles. The highest BCUT2D eigenvalue weighted by molar-refractivity contribution is 7.93. The smallest absolute Gasteiger partial charge is 0.238 e. The minimum atomic E-state index is -3.66.